The Labute approximate surface area is 95.4 Å². The third-order valence-corrected chi connectivity index (χ3v) is 3.66. The Balaban J connectivity index is 2.36. The van der Waals surface area contributed by atoms with E-state index in [2.05, 4.69) is 44.7 Å². The monoisotopic (exact) mass is 277 g/mol. The van der Waals surface area contributed by atoms with Gasteiger partial charge in [-0.1, -0.05) is 34.3 Å². The largest absolute Gasteiger partial charge is 0.349 e. The Morgan fingerprint density at radius 3 is 2.93 bits per heavy atom. The molecule has 0 aliphatic rings. The molecule has 1 unspecified atom stereocenters. The molecule has 0 bridgehead atoms. The van der Waals surface area contributed by atoms with Gasteiger partial charge in [0.05, 0.1) is 0 Å². The average molecular weight is 278 g/mol. The molecule has 0 aromatic carbocycles. The molecule has 0 saturated carbocycles. The summed E-state index contributed by atoms with van der Waals surface area (Å²) in [5, 5.41) is 8.10. The minimum absolute atomic E-state index is 0.163. The maximum Gasteiger partial charge on any atom is 0.272 e. The predicted octanol–water partition coefficient (Wildman–Crippen LogP) is 1.69. The molecule has 1 heterocycles. The highest BCUT2D eigenvalue weighted by molar-refractivity contribution is 9.09. The first-order valence-corrected chi connectivity index (χ1v) is 6.05. The molecule has 1 N–H and O–H groups in total. The number of rotatable bonds is 4. The number of hydrogen-bond acceptors (Lipinski definition) is 4. The maximum atomic E-state index is 11.4. The molecule has 1 rings (SSSR count). The number of nitrogens with one attached hydrogen (secondary N) is 1. The Bertz CT molecular complexity index is 289. The number of amides is 1. The fourth-order valence-corrected chi connectivity index (χ4v) is 1.38. The lowest BCUT2D eigenvalue weighted by atomic mass is 10.1. The second-order valence-corrected chi connectivity index (χ2v) is 5.05. The van der Waals surface area contributed by atoms with E-state index in [1.165, 1.54) is 11.5 Å². The Morgan fingerprint density at radius 1 is 1.71 bits per heavy atom. The zero-order valence-electron chi connectivity index (χ0n) is 8.03. The zero-order chi connectivity index (χ0) is 10.6. The first kappa shape index (κ1) is 11.6. The molecule has 1 aromatic rings. The average Bonchev–Trinajstić information content (AvgIpc) is 2.66. The van der Waals surface area contributed by atoms with Crippen LogP contribution in [0.2, 0.25) is 0 Å². The topological polar surface area (TPSA) is 54.9 Å². The van der Waals surface area contributed by atoms with Crippen molar-refractivity contribution < 1.29 is 4.79 Å². The van der Waals surface area contributed by atoms with Crippen molar-refractivity contribution in [3.05, 3.63) is 11.1 Å². The Morgan fingerprint density at radius 2 is 2.43 bits per heavy atom. The van der Waals surface area contributed by atoms with E-state index in [1.807, 2.05) is 0 Å². The summed E-state index contributed by atoms with van der Waals surface area (Å²) in [5.41, 5.74) is 0.387. The summed E-state index contributed by atoms with van der Waals surface area (Å²) < 4.78 is 3.62. The van der Waals surface area contributed by atoms with Gasteiger partial charge in [-0.05, 0) is 17.5 Å². The zero-order valence-corrected chi connectivity index (χ0v) is 10.4. The van der Waals surface area contributed by atoms with Crippen molar-refractivity contribution in [3.63, 3.8) is 0 Å². The van der Waals surface area contributed by atoms with Gasteiger partial charge in [0.2, 0.25) is 0 Å². The van der Waals surface area contributed by atoms with Crippen molar-refractivity contribution in [2.75, 3.05) is 6.54 Å². The van der Waals surface area contributed by atoms with E-state index >= 15 is 0 Å². The van der Waals surface area contributed by atoms with Gasteiger partial charge in [-0.3, -0.25) is 4.79 Å². The van der Waals surface area contributed by atoms with E-state index in [-0.39, 0.29) is 10.7 Å². The van der Waals surface area contributed by atoms with Gasteiger partial charge in [-0.2, -0.15) is 0 Å². The highest BCUT2D eigenvalue weighted by atomic mass is 79.9. The lowest BCUT2D eigenvalue weighted by molar-refractivity contribution is 0.0948. The number of aromatic nitrogens is 2. The molecule has 0 radical (unpaired) electrons. The van der Waals surface area contributed by atoms with Gasteiger partial charge in [-0.25, -0.2) is 0 Å². The van der Waals surface area contributed by atoms with E-state index in [1.54, 1.807) is 5.38 Å². The molecule has 0 aliphatic carbocycles. The first-order valence-electron chi connectivity index (χ1n) is 4.30. The van der Waals surface area contributed by atoms with Crippen molar-refractivity contribution in [1.82, 2.24) is 14.9 Å². The quantitative estimate of drug-likeness (QED) is 0.853. The van der Waals surface area contributed by atoms with Crippen molar-refractivity contribution >= 4 is 33.4 Å². The van der Waals surface area contributed by atoms with Crippen LogP contribution in [0.15, 0.2) is 5.38 Å². The number of carbonyl (C=O) groups excluding carboxylic acids is 1. The van der Waals surface area contributed by atoms with Crippen LogP contribution in [0.5, 0.6) is 0 Å². The van der Waals surface area contributed by atoms with Crippen LogP contribution in [0.25, 0.3) is 0 Å². The van der Waals surface area contributed by atoms with E-state index in [9.17, 15) is 4.79 Å². The third-order valence-electron chi connectivity index (χ3n) is 1.77. The predicted molar refractivity (Wildman–Crippen MR) is 59.8 cm³/mol. The second-order valence-electron chi connectivity index (χ2n) is 3.26. The fourth-order valence-electron chi connectivity index (χ4n) is 0.780. The third kappa shape index (κ3) is 3.34. The van der Waals surface area contributed by atoms with Gasteiger partial charge in [0.1, 0.15) is 0 Å². The highest BCUT2D eigenvalue weighted by Crippen LogP contribution is 2.10. The number of nitrogens with zero attached hydrogens (tertiary/aromatic N) is 2. The van der Waals surface area contributed by atoms with Gasteiger partial charge >= 0.3 is 0 Å². The Hall–Kier alpha value is -0.490. The molecule has 0 fully saturated rings. The van der Waals surface area contributed by atoms with Crippen molar-refractivity contribution in [2.45, 2.75) is 18.7 Å². The normalized spacial score (nSPS) is 12.9. The van der Waals surface area contributed by atoms with Crippen LogP contribution in [0.3, 0.4) is 0 Å². The molecular weight excluding hydrogens is 266 g/mol. The summed E-state index contributed by atoms with van der Waals surface area (Å²) in [6.07, 6.45) is 0. The van der Waals surface area contributed by atoms with E-state index in [0.717, 1.165) is 0 Å². The molecule has 14 heavy (non-hydrogen) atoms. The summed E-state index contributed by atoms with van der Waals surface area (Å²) in [5.74, 6) is 0.327. The molecule has 0 aliphatic heterocycles. The van der Waals surface area contributed by atoms with Crippen molar-refractivity contribution in [1.29, 1.82) is 0 Å². The number of halogens is 1. The number of carbonyl (C=O) groups is 1. The lowest BCUT2D eigenvalue weighted by Crippen LogP contribution is -2.31. The first-order chi connectivity index (χ1) is 6.61. The van der Waals surface area contributed by atoms with Crippen LogP contribution in [0.1, 0.15) is 24.3 Å². The van der Waals surface area contributed by atoms with Crippen molar-refractivity contribution in [3.8, 4) is 0 Å². The minimum Gasteiger partial charge on any atom is -0.349 e. The molecule has 78 valence electrons. The number of alkyl halides is 1. The van der Waals surface area contributed by atoms with Gasteiger partial charge in [-0.15, -0.1) is 5.10 Å². The molecule has 1 atom stereocenters. The van der Waals surface area contributed by atoms with E-state index in [0.29, 0.717) is 18.2 Å². The number of hydrogen-bond donors (Lipinski definition) is 1. The van der Waals surface area contributed by atoms with Gasteiger partial charge in [0.15, 0.2) is 5.69 Å². The molecule has 6 heteroatoms. The standard InChI is InChI=1S/C8H12BrN3OS/c1-5(2)6(9)3-10-8(13)7-4-14-12-11-7/h4-6H,3H2,1-2H3,(H,10,13). The summed E-state index contributed by atoms with van der Waals surface area (Å²) in [7, 11) is 0. The van der Waals surface area contributed by atoms with E-state index in [4.69, 9.17) is 0 Å². The van der Waals surface area contributed by atoms with Crippen molar-refractivity contribution in [2.24, 2.45) is 5.92 Å². The summed E-state index contributed by atoms with van der Waals surface area (Å²) in [6.45, 7) is 4.79. The molecule has 0 spiro atoms. The second kappa shape index (κ2) is 5.41. The molecule has 1 aromatic heterocycles. The van der Waals surface area contributed by atoms with Crippen LogP contribution in [-0.4, -0.2) is 26.9 Å². The smallest absolute Gasteiger partial charge is 0.272 e. The highest BCUT2D eigenvalue weighted by Gasteiger charge is 2.12. The summed E-state index contributed by atoms with van der Waals surface area (Å²) in [6, 6.07) is 0. The molecule has 4 nitrogen and oxygen atoms in total. The van der Waals surface area contributed by atoms with Crippen LogP contribution in [0, 0.1) is 5.92 Å². The minimum atomic E-state index is -0.163. The van der Waals surface area contributed by atoms with Gasteiger partial charge in [0.25, 0.3) is 5.91 Å². The van der Waals surface area contributed by atoms with Gasteiger partial charge in [0, 0.05) is 16.8 Å². The summed E-state index contributed by atoms with van der Waals surface area (Å²) in [4.78, 5) is 11.7. The SMILES string of the molecule is CC(C)C(Br)CNC(=O)c1csnn1. The maximum absolute atomic E-state index is 11.4. The van der Waals surface area contributed by atoms with Crippen LogP contribution in [-0.2, 0) is 0 Å². The Kier molecular flexibility index (Phi) is 4.47. The van der Waals surface area contributed by atoms with Crippen LogP contribution < -0.4 is 5.32 Å². The fraction of sp³-hybridized carbons (Fsp3) is 0.625. The van der Waals surface area contributed by atoms with Crippen LogP contribution in [0.4, 0.5) is 0 Å². The molecular formula is C8H12BrN3OS. The molecule has 1 amide bonds. The van der Waals surface area contributed by atoms with Gasteiger partial charge < -0.3 is 5.32 Å². The summed E-state index contributed by atoms with van der Waals surface area (Å²) >= 11 is 4.66. The molecule has 0 saturated heterocycles. The van der Waals surface area contributed by atoms with E-state index < -0.39 is 0 Å². The lowest BCUT2D eigenvalue weighted by Gasteiger charge is -2.13. The van der Waals surface area contributed by atoms with Crippen LogP contribution >= 0.6 is 27.5 Å².